The van der Waals surface area contributed by atoms with Crippen molar-refractivity contribution in [2.45, 2.75) is 13.0 Å². The molecule has 0 aliphatic carbocycles. The Kier molecular flexibility index (Phi) is 3.57. The van der Waals surface area contributed by atoms with E-state index in [0.717, 1.165) is 5.69 Å². The maximum absolute atomic E-state index is 8.78. The van der Waals surface area contributed by atoms with Gasteiger partial charge in [-0.25, -0.2) is 4.98 Å². The summed E-state index contributed by atoms with van der Waals surface area (Å²) in [7, 11) is 0. The van der Waals surface area contributed by atoms with Crippen LogP contribution in [-0.2, 0) is 0 Å². The van der Waals surface area contributed by atoms with Gasteiger partial charge in [0, 0.05) is 6.20 Å². The molecule has 0 bridgehead atoms. The fraction of sp³-hybridized carbons (Fsp3) is 0.182. The molecule has 2 heterocycles. The highest BCUT2D eigenvalue weighted by Crippen LogP contribution is 2.28. The molecule has 0 aliphatic heterocycles. The average Bonchev–Trinajstić information content (AvgIpc) is 2.70. The third-order valence-electron chi connectivity index (χ3n) is 2.16. The van der Waals surface area contributed by atoms with Crippen LogP contribution in [0, 0.1) is 11.3 Å². The van der Waals surface area contributed by atoms with E-state index in [-0.39, 0.29) is 11.2 Å². The van der Waals surface area contributed by atoms with Crippen molar-refractivity contribution in [2.75, 3.05) is 5.32 Å². The Morgan fingerprint density at radius 3 is 2.94 bits per heavy atom. The number of hydrogen-bond donors (Lipinski definition) is 1. The summed E-state index contributed by atoms with van der Waals surface area (Å²) in [4.78, 5) is 8.73. The third-order valence-corrected chi connectivity index (χ3v) is 3.44. The highest BCUT2D eigenvalue weighted by atomic mass is 35.5. The zero-order valence-corrected chi connectivity index (χ0v) is 10.6. The number of rotatable bonds is 3. The van der Waals surface area contributed by atoms with Gasteiger partial charge in [0.1, 0.15) is 10.9 Å². The first-order valence-electron chi connectivity index (χ1n) is 4.94. The molecule has 4 nitrogen and oxygen atoms in total. The molecule has 0 aliphatic rings. The molecule has 1 N–H and O–H groups in total. The molecule has 2 rings (SSSR count). The van der Waals surface area contributed by atoms with Gasteiger partial charge in [-0.05, 0) is 19.1 Å². The second-order valence-electron chi connectivity index (χ2n) is 3.37. The number of nitrogens with zero attached hydrogens (tertiary/aromatic N) is 3. The molecule has 17 heavy (non-hydrogen) atoms. The van der Waals surface area contributed by atoms with Gasteiger partial charge in [-0.1, -0.05) is 29.0 Å². The van der Waals surface area contributed by atoms with Gasteiger partial charge in [-0.3, -0.25) is 4.98 Å². The molecule has 0 spiro atoms. The summed E-state index contributed by atoms with van der Waals surface area (Å²) in [6.07, 6.45) is 1.74. The largest absolute Gasteiger partial charge is 0.353 e. The molecule has 0 radical (unpaired) electrons. The Morgan fingerprint density at radius 1 is 1.53 bits per heavy atom. The molecule has 1 unspecified atom stereocenters. The average molecular weight is 265 g/mol. The number of thiazole rings is 1. The van der Waals surface area contributed by atoms with Crippen LogP contribution in [0.15, 0.2) is 24.4 Å². The molecule has 0 saturated carbocycles. The van der Waals surface area contributed by atoms with Gasteiger partial charge in [0.05, 0.1) is 11.7 Å². The molecule has 0 fully saturated rings. The van der Waals surface area contributed by atoms with Gasteiger partial charge in [-0.15, -0.1) is 0 Å². The molecule has 1 atom stereocenters. The monoisotopic (exact) mass is 264 g/mol. The van der Waals surface area contributed by atoms with Crippen molar-refractivity contribution < 1.29 is 0 Å². The van der Waals surface area contributed by atoms with E-state index in [9.17, 15) is 0 Å². The molecule has 0 aromatic carbocycles. The lowest BCUT2D eigenvalue weighted by molar-refractivity contribution is 0.837. The number of anilines is 1. The van der Waals surface area contributed by atoms with Gasteiger partial charge in [0.2, 0.25) is 0 Å². The van der Waals surface area contributed by atoms with E-state index in [0.29, 0.717) is 10.0 Å². The van der Waals surface area contributed by atoms with Crippen LogP contribution < -0.4 is 5.32 Å². The van der Waals surface area contributed by atoms with Gasteiger partial charge in [-0.2, -0.15) is 5.26 Å². The van der Waals surface area contributed by atoms with E-state index in [2.05, 4.69) is 15.3 Å². The number of nitrogens with one attached hydrogen (secondary N) is 1. The van der Waals surface area contributed by atoms with Gasteiger partial charge in [0.25, 0.3) is 0 Å². The summed E-state index contributed by atoms with van der Waals surface area (Å²) in [5.74, 6) is 0. The van der Waals surface area contributed by atoms with Crippen LogP contribution in [0.2, 0.25) is 5.15 Å². The molecular weight excluding hydrogens is 256 g/mol. The van der Waals surface area contributed by atoms with Crippen molar-refractivity contribution in [3.63, 3.8) is 0 Å². The Bertz CT molecular complexity index is 546. The van der Waals surface area contributed by atoms with E-state index in [4.69, 9.17) is 16.9 Å². The SMILES string of the molecule is CC(Nc1nc(Cl)c(C#N)s1)c1ccccn1. The third kappa shape index (κ3) is 2.73. The van der Waals surface area contributed by atoms with E-state index in [1.807, 2.05) is 31.2 Å². The number of pyridine rings is 1. The van der Waals surface area contributed by atoms with Crippen LogP contribution in [0.5, 0.6) is 0 Å². The van der Waals surface area contributed by atoms with Crippen molar-refractivity contribution in [2.24, 2.45) is 0 Å². The fourth-order valence-electron chi connectivity index (χ4n) is 1.32. The standard InChI is InChI=1S/C11H9ClN4S/c1-7(8-4-2-3-5-14-8)15-11-16-10(12)9(6-13)17-11/h2-5,7H,1H3,(H,15,16). The molecule has 2 aromatic heterocycles. The topological polar surface area (TPSA) is 61.6 Å². The first-order valence-corrected chi connectivity index (χ1v) is 6.14. The summed E-state index contributed by atoms with van der Waals surface area (Å²) in [5, 5.41) is 12.8. The molecular formula is C11H9ClN4S. The number of hydrogen-bond acceptors (Lipinski definition) is 5. The fourth-order valence-corrected chi connectivity index (χ4v) is 2.36. The predicted octanol–water partition coefficient (Wildman–Crippen LogP) is 3.24. The van der Waals surface area contributed by atoms with Gasteiger partial charge < -0.3 is 5.32 Å². The Hall–Kier alpha value is -1.64. The number of aromatic nitrogens is 2. The Labute approximate surface area is 108 Å². The molecule has 86 valence electrons. The summed E-state index contributed by atoms with van der Waals surface area (Å²) in [6, 6.07) is 7.74. The highest BCUT2D eigenvalue weighted by Gasteiger charge is 2.12. The van der Waals surface area contributed by atoms with Crippen LogP contribution in [0.3, 0.4) is 0 Å². The van der Waals surface area contributed by atoms with Crippen molar-refractivity contribution >= 4 is 28.1 Å². The maximum Gasteiger partial charge on any atom is 0.185 e. The lowest BCUT2D eigenvalue weighted by atomic mass is 10.2. The Morgan fingerprint density at radius 2 is 2.35 bits per heavy atom. The van der Waals surface area contributed by atoms with Crippen LogP contribution in [0.4, 0.5) is 5.13 Å². The van der Waals surface area contributed by atoms with Crippen LogP contribution in [0.1, 0.15) is 23.5 Å². The lowest BCUT2D eigenvalue weighted by Gasteiger charge is -2.11. The molecule has 2 aromatic rings. The molecule has 0 saturated heterocycles. The molecule has 6 heteroatoms. The second-order valence-corrected chi connectivity index (χ2v) is 4.73. The first-order chi connectivity index (χ1) is 8.20. The van der Waals surface area contributed by atoms with E-state index in [1.54, 1.807) is 6.20 Å². The van der Waals surface area contributed by atoms with Gasteiger partial charge in [0.15, 0.2) is 10.3 Å². The number of halogens is 1. The van der Waals surface area contributed by atoms with E-state index in [1.165, 1.54) is 11.3 Å². The van der Waals surface area contributed by atoms with Crippen LogP contribution in [-0.4, -0.2) is 9.97 Å². The predicted molar refractivity (Wildman–Crippen MR) is 68.1 cm³/mol. The Balaban J connectivity index is 2.14. The second kappa shape index (κ2) is 5.13. The summed E-state index contributed by atoms with van der Waals surface area (Å²) in [5.41, 5.74) is 0.914. The van der Waals surface area contributed by atoms with Gasteiger partial charge >= 0.3 is 0 Å². The summed E-state index contributed by atoms with van der Waals surface area (Å²) in [6.45, 7) is 1.98. The van der Waals surface area contributed by atoms with E-state index < -0.39 is 0 Å². The van der Waals surface area contributed by atoms with Crippen LogP contribution in [0.25, 0.3) is 0 Å². The smallest absolute Gasteiger partial charge is 0.185 e. The minimum absolute atomic E-state index is 0.0185. The van der Waals surface area contributed by atoms with Crippen molar-refractivity contribution in [1.82, 2.24) is 9.97 Å². The zero-order valence-electron chi connectivity index (χ0n) is 9.01. The maximum atomic E-state index is 8.78. The quantitative estimate of drug-likeness (QED) is 0.924. The minimum atomic E-state index is 0.0185. The van der Waals surface area contributed by atoms with E-state index >= 15 is 0 Å². The normalized spacial score (nSPS) is 11.8. The minimum Gasteiger partial charge on any atom is -0.353 e. The molecule has 0 amide bonds. The van der Waals surface area contributed by atoms with Crippen LogP contribution >= 0.6 is 22.9 Å². The van der Waals surface area contributed by atoms with Crippen molar-refractivity contribution in [3.05, 3.63) is 40.1 Å². The van der Waals surface area contributed by atoms with Crippen molar-refractivity contribution in [1.29, 1.82) is 5.26 Å². The first kappa shape index (κ1) is 11.8. The number of nitriles is 1. The van der Waals surface area contributed by atoms with Crippen molar-refractivity contribution in [3.8, 4) is 6.07 Å². The summed E-state index contributed by atoms with van der Waals surface area (Å²) < 4.78 is 0. The summed E-state index contributed by atoms with van der Waals surface area (Å²) >= 11 is 7.04. The zero-order chi connectivity index (χ0) is 12.3. The lowest BCUT2D eigenvalue weighted by Crippen LogP contribution is -2.07. The highest BCUT2D eigenvalue weighted by molar-refractivity contribution is 7.16.